The van der Waals surface area contributed by atoms with Crippen molar-refractivity contribution in [3.63, 3.8) is 0 Å². The SMILES string of the molecule is Cc1cc(Cl)ccc1OCc1cccc(C(=O)N2CCN(Cc3c(F)cccc3Cl)CC2)c1. The van der Waals surface area contributed by atoms with Crippen molar-refractivity contribution in [1.82, 2.24) is 9.80 Å². The number of aryl methyl sites for hydroxylation is 1. The highest BCUT2D eigenvalue weighted by molar-refractivity contribution is 6.31. The standard InChI is InChI=1S/C26H25Cl2FN2O2/c1-18-14-21(27)8-9-25(18)33-17-19-4-2-5-20(15-19)26(32)31-12-10-30(11-13-31)16-22-23(28)6-3-7-24(22)29/h2-9,14-15H,10-13,16-17H2,1H3. The van der Waals surface area contributed by atoms with Gasteiger partial charge in [-0.3, -0.25) is 9.69 Å². The molecule has 0 aliphatic carbocycles. The van der Waals surface area contributed by atoms with Gasteiger partial charge >= 0.3 is 0 Å². The molecule has 0 aromatic heterocycles. The molecule has 0 N–H and O–H groups in total. The normalized spacial score (nSPS) is 14.4. The maximum Gasteiger partial charge on any atom is 0.253 e. The monoisotopic (exact) mass is 486 g/mol. The molecule has 3 aromatic carbocycles. The van der Waals surface area contributed by atoms with E-state index in [4.69, 9.17) is 27.9 Å². The smallest absolute Gasteiger partial charge is 0.253 e. The van der Waals surface area contributed by atoms with Crippen LogP contribution >= 0.6 is 23.2 Å². The molecule has 1 heterocycles. The molecule has 3 aromatic rings. The van der Waals surface area contributed by atoms with Gasteiger partial charge in [-0.15, -0.1) is 0 Å². The van der Waals surface area contributed by atoms with Crippen LogP contribution in [0.2, 0.25) is 10.0 Å². The number of ether oxygens (including phenoxy) is 1. The number of halogens is 3. The number of hydrogen-bond acceptors (Lipinski definition) is 3. The molecule has 4 rings (SSSR count). The summed E-state index contributed by atoms with van der Waals surface area (Å²) in [5.74, 6) is 0.458. The van der Waals surface area contributed by atoms with Crippen molar-refractivity contribution >= 4 is 29.1 Å². The number of hydrogen-bond donors (Lipinski definition) is 0. The van der Waals surface area contributed by atoms with Gasteiger partial charge in [0.25, 0.3) is 5.91 Å². The second-order valence-corrected chi connectivity index (χ2v) is 9.01. The van der Waals surface area contributed by atoms with E-state index in [1.54, 1.807) is 18.2 Å². The van der Waals surface area contributed by atoms with E-state index in [0.29, 0.717) is 60.5 Å². The topological polar surface area (TPSA) is 32.8 Å². The first kappa shape index (κ1) is 23.6. The first-order valence-corrected chi connectivity index (χ1v) is 11.6. The van der Waals surface area contributed by atoms with Crippen LogP contribution in [-0.4, -0.2) is 41.9 Å². The Balaban J connectivity index is 1.34. The average molecular weight is 487 g/mol. The molecular weight excluding hydrogens is 462 g/mol. The van der Waals surface area contributed by atoms with Gasteiger partial charge < -0.3 is 9.64 Å². The lowest BCUT2D eigenvalue weighted by Gasteiger charge is -2.35. The van der Waals surface area contributed by atoms with E-state index in [0.717, 1.165) is 16.9 Å². The van der Waals surface area contributed by atoms with Crippen LogP contribution in [0.3, 0.4) is 0 Å². The van der Waals surface area contributed by atoms with Crippen LogP contribution in [0.4, 0.5) is 4.39 Å². The molecule has 7 heteroatoms. The van der Waals surface area contributed by atoms with Crippen molar-refractivity contribution in [2.24, 2.45) is 0 Å². The summed E-state index contributed by atoms with van der Waals surface area (Å²) in [7, 11) is 0. The minimum atomic E-state index is -0.297. The molecule has 1 aliphatic heterocycles. The minimum Gasteiger partial charge on any atom is -0.489 e. The van der Waals surface area contributed by atoms with Gasteiger partial charge in [0.05, 0.1) is 0 Å². The number of carbonyl (C=O) groups excluding carboxylic acids is 1. The Morgan fingerprint density at radius 3 is 2.48 bits per heavy atom. The first-order valence-electron chi connectivity index (χ1n) is 10.8. The van der Waals surface area contributed by atoms with Crippen LogP contribution in [-0.2, 0) is 13.2 Å². The molecule has 1 fully saturated rings. The maximum atomic E-state index is 14.1. The van der Waals surface area contributed by atoms with Crippen LogP contribution in [0.1, 0.15) is 27.0 Å². The molecule has 4 nitrogen and oxygen atoms in total. The first-order chi connectivity index (χ1) is 15.9. The molecule has 0 atom stereocenters. The van der Waals surface area contributed by atoms with Gasteiger partial charge in [0.2, 0.25) is 0 Å². The number of benzene rings is 3. The molecule has 0 radical (unpaired) electrons. The second-order valence-electron chi connectivity index (χ2n) is 8.17. The highest BCUT2D eigenvalue weighted by atomic mass is 35.5. The van der Waals surface area contributed by atoms with E-state index >= 15 is 0 Å². The number of nitrogens with zero attached hydrogens (tertiary/aromatic N) is 2. The Bertz CT molecular complexity index is 1130. The van der Waals surface area contributed by atoms with Crippen molar-refractivity contribution in [3.05, 3.63) is 98.8 Å². The maximum absolute atomic E-state index is 14.1. The fourth-order valence-electron chi connectivity index (χ4n) is 3.93. The molecule has 33 heavy (non-hydrogen) atoms. The zero-order chi connectivity index (χ0) is 23.4. The summed E-state index contributed by atoms with van der Waals surface area (Å²) in [5.41, 5.74) is 3.02. The van der Waals surface area contributed by atoms with Crippen LogP contribution in [0.5, 0.6) is 5.75 Å². The fourth-order valence-corrected chi connectivity index (χ4v) is 4.38. The number of rotatable bonds is 6. The lowest BCUT2D eigenvalue weighted by atomic mass is 10.1. The molecule has 1 saturated heterocycles. The van der Waals surface area contributed by atoms with Gasteiger partial charge in [-0.05, 0) is 60.5 Å². The summed E-state index contributed by atoms with van der Waals surface area (Å²) in [5, 5.41) is 1.10. The highest BCUT2D eigenvalue weighted by Gasteiger charge is 2.23. The Morgan fingerprint density at radius 1 is 1.00 bits per heavy atom. The Hall–Kier alpha value is -2.60. The summed E-state index contributed by atoms with van der Waals surface area (Å²) in [4.78, 5) is 17.0. The van der Waals surface area contributed by atoms with Crippen molar-refractivity contribution < 1.29 is 13.9 Å². The summed E-state index contributed by atoms with van der Waals surface area (Å²) < 4.78 is 20.0. The minimum absolute atomic E-state index is 0.0110. The third-order valence-electron chi connectivity index (χ3n) is 5.81. The Labute approximate surface area is 203 Å². The van der Waals surface area contributed by atoms with E-state index in [-0.39, 0.29) is 11.7 Å². The van der Waals surface area contributed by atoms with E-state index < -0.39 is 0 Å². The predicted molar refractivity (Wildman–Crippen MR) is 130 cm³/mol. The third-order valence-corrected chi connectivity index (χ3v) is 6.40. The quantitative estimate of drug-likeness (QED) is 0.429. The molecule has 0 saturated carbocycles. The van der Waals surface area contributed by atoms with Crippen molar-refractivity contribution in [2.75, 3.05) is 26.2 Å². The summed E-state index contributed by atoms with van der Waals surface area (Å²) >= 11 is 12.2. The van der Waals surface area contributed by atoms with E-state index in [1.807, 2.05) is 48.2 Å². The Morgan fingerprint density at radius 2 is 1.76 bits per heavy atom. The fraction of sp³-hybridized carbons (Fsp3) is 0.269. The van der Waals surface area contributed by atoms with Gasteiger partial charge in [-0.1, -0.05) is 41.4 Å². The van der Waals surface area contributed by atoms with Gasteiger partial charge in [-0.2, -0.15) is 0 Å². The molecule has 172 valence electrons. The Kier molecular flexibility index (Phi) is 7.53. The number of piperazine rings is 1. The predicted octanol–water partition coefficient (Wildman–Crippen LogP) is 5.98. The zero-order valence-corrected chi connectivity index (χ0v) is 19.9. The van der Waals surface area contributed by atoms with Crippen molar-refractivity contribution in [3.8, 4) is 5.75 Å². The highest BCUT2D eigenvalue weighted by Crippen LogP contribution is 2.24. The van der Waals surface area contributed by atoms with E-state index in [1.165, 1.54) is 6.07 Å². The van der Waals surface area contributed by atoms with Gasteiger partial charge in [0.15, 0.2) is 0 Å². The zero-order valence-electron chi connectivity index (χ0n) is 18.4. The van der Waals surface area contributed by atoms with Gasteiger partial charge in [0, 0.05) is 53.9 Å². The van der Waals surface area contributed by atoms with Crippen molar-refractivity contribution in [1.29, 1.82) is 0 Å². The van der Waals surface area contributed by atoms with Crippen LogP contribution in [0.15, 0.2) is 60.7 Å². The van der Waals surface area contributed by atoms with E-state index in [2.05, 4.69) is 4.90 Å². The molecule has 0 bridgehead atoms. The molecule has 0 unspecified atom stereocenters. The van der Waals surface area contributed by atoms with Gasteiger partial charge in [0.1, 0.15) is 18.2 Å². The summed E-state index contributed by atoms with van der Waals surface area (Å²) in [6, 6.07) is 17.7. The number of amides is 1. The third kappa shape index (κ3) is 5.85. The van der Waals surface area contributed by atoms with E-state index in [9.17, 15) is 9.18 Å². The van der Waals surface area contributed by atoms with Crippen LogP contribution in [0, 0.1) is 12.7 Å². The second kappa shape index (κ2) is 10.6. The molecular formula is C26H25Cl2FN2O2. The molecule has 1 amide bonds. The van der Waals surface area contributed by atoms with Gasteiger partial charge in [-0.25, -0.2) is 4.39 Å². The summed E-state index contributed by atoms with van der Waals surface area (Å²) in [6.07, 6.45) is 0. The average Bonchev–Trinajstić information content (AvgIpc) is 2.81. The lowest BCUT2D eigenvalue weighted by molar-refractivity contribution is 0.0627. The van der Waals surface area contributed by atoms with Crippen molar-refractivity contribution in [2.45, 2.75) is 20.1 Å². The largest absolute Gasteiger partial charge is 0.489 e. The van der Waals surface area contributed by atoms with Crippen LogP contribution in [0.25, 0.3) is 0 Å². The summed E-state index contributed by atoms with van der Waals surface area (Å²) in [6.45, 7) is 5.22. The molecule has 1 aliphatic rings. The van der Waals surface area contributed by atoms with Crippen LogP contribution < -0.4 is 4.74 Å². The number of carbonyl (C=O) groups is 1. The lowest BCUT2D eigenvalue weighted by Crippen LogP contribution is -2.48. The molecule has 0 spiro atoms.